The van der Waals surface area contributed by atoms with Crippen molar-refractivity contribution in [2.45, 2.75) is 51.2 Å². The van der Waals surface area contributed by atoms with Gasteiger partial charge in [0.25, 0.3) is 0 Å². The molecule has 114 valence electrons. The van der Waals surface area contributed by atoms with E-state index in [1.165, 1.54) is 10.7 Å². The maximum Gasteiger partial charge on any atom is 0.113 e. The van der Waals surface area contributed by atoms with Gasteiger partial charge in [-0.3, -0.25) is 0 Å². The summed E-state index contributed by atoms with van der Waals surface area (Å²) < 4.78 is 10.9. The highest BCUT2D eigenvalue weighted by Crippen LogP contribution is 2.44. The van der Waals surface area contributed by atoms with Gasteiger partial charge in [0.1, 0.15) is 5.01 Å². The largest absolute Gasteiger partial charge is 0.383 e. The van der Waals surface area contributed by atoms with E-state index in [2.05, 4.69) is 31.5 Å². The first kappa shape index (κ1) is 15.9. The van der Waals surface area contributed by atoms with E-state index >= 15 is 0 Å². The minimum Gasteiger partial charge on any atom is -0.383 e. The van der Waals surface area contributed by atoms with Crippen molar-refractivity contribution < 1.29 is 9.47 Å². The van der Waals surface area contributed by atoms with Crippen LogP contribution in [-0.4, -0.2) is 38.0 Å². The summed E-state index contributed by atoms with van der Waals surface area (Å²) in [6.45, 7) is 8.79. The van der Waals surface area contributed by atoms with E-state index in [-0.39, 0.29) is 5.54 Å². The van der Waals surface area contributed by atoms with E-state index in [1.807, 2.05) is 0 Å². The van der Waals surface area contributed by atoms with Gasteiger partial charge in [0.15, 0.2) is 0 Å². The minimum atomic E-state index is -0.00380. The van der Waals surface area contributed by atoms with Gasteiger partial charge in [0, 0.05) is 25.6 Å². The number of rotatable bonds is 8. The van der Waals surface area contributed by atoms with Gasteiger partial charge in [-0.15, -0.1) is 11.3 Å². The highest BCUT2D eigenvalue weighted by molar-refractivity contribution is 7.09. The molecule has 0 aromatic carbocycles. The summed E-state index contributed by atoms with van der Waals surface area (Å²) >= 11 is 1.77. The molecule has 0 aliphatic heterocycles. The molecular weight excluding hydrogens is 272 g/mol. The molecule has 1 saturated carbocycles. The van der Waals surface area contributed by atoms with Crippen LogP contribution in [0.3, 0.4) is 0 Å². The van der Waals surface area contributed by atoms with Crippen molar-refractivity contribution >= 4 is 11.3 Å². The molecule has 1 aromatic heterocycles. The van der Waals surface area contributed by atoms with Crippen molar-refractivity contribution in [3.63, 3.8) is 0 Å². The molecule has 0 saturated heterocycles. The smallest absolute Gasteiger partial charge is 0.113 e. The second kappa shape index (κ2) is 6.98. The van der Waals surface area contributed by atoms with Crippen LogP contribution in [0.1, 0.15) is 50.2 Å². The molecule has 0 unspecified atom stereocenters. The molecule has 1 aromatic rings. The fraction of sp³-hybridized carbons (Fsp3) is 0.800. The first-order valence-electron chi connectivity index (χ1n) is 7.42. The Balaban J connectivity index is 2.06. The highest BCUT2D eigenvalue weighted by atomic mass is 32.1. The minimum absolute atomic E-state index is 0.00380. The molecule has 2 rings (SSSR count). The topological polar surface area (TPSA) is 43.4 Å². The normalized spacial score (nSPS) is 25.9. The lowest BCUT2D eigenvalue weighted by molar-refractivity contribution is -0.0550. The van der Waals surface area contributed by atoms with Gasteiger partial charge in [-0.2, -0.15) is 0 Å². The molecule has 1 aliphatic rings. The Hall–Kier alpha value is -0.490. The van der Waals surface area contributed by atoms with Crippen molar-refractivity contribution in [3.8, 4) is 0 Å². The maximum atomic E-state index is 5.72. The van der Waals surface area contributed by atoms with Crippen LogP contribution in [0.25, 0.3) is 0 Å². The highest BCUT2D eigenvalue weighted by Gasteiger charge is 2.47. The molecule has 1 heterocycles. The molecule has 1 fully saturated rings. The Morgan fingerprint density at radius 1 is 1.50 bits per heavy atom. The molecule has 0 bridgehead atoms. The molecule has 0 spiro atoms. The van der Waals surface area contributed by atoms with Gasteiger partial charge >= 0.3 is 0 Å². The monoisotopic (exact) mass is 298 g/mol. The van der Waals surface area contributed by atoms with Crippen LogP contribution < -0.4 is 5.32 Å². The van der Waals surface area contributed by atoms with Crippen molar-refractivity contribution in [2.75, 3.05) is 26.9 Å². The summed E-state index contributed by atoms with van der Waals surface area (Å²) in [7, 11) is 1.73. The van der Waals surface area contributed by atoms with Crippen LogP contribution in [-0.2, 0) is 15.0 Å². The van der Waals surface area contributed by atoms with Crippen LogP contribution in [0.5, 0.6) is 0 Å². The summed E-state index contributed by atoms with van der Waals surface area (Å²) in [6.07, 6.45) is 2.38. The van der Waals surface area contributed by atoms with E-state index in [0.717, 1.165) is 32.6 Å². The van der Waals surface area contributed by atoms with E-state index in [9.17, 15) is 0 Å². The predicted molar refractivity (Wildman–Crippen MR) is 82.4 cm³/mol. The third-order valence-corrected chi connectivity index (χ3v) is 4.91. The summed E-state index contributed by atoms with van der Waals surface area (Å²) in [6, 6.07) is 0. The molecule has 20 heavy (non-hydrogen) atoms. The number of methoxy groups -OCH3 is 1. The van der Waals surface area contributed by atoms with Crippen LogP contribution in [0.15, 0.2) is 5.38 Å². The van der Waals surface area contributed by atoms with Gasteiger partial charge in [0.05, 0.1) is 23.9 Å². The van der Waals surface area contributed by atoms with E-state index < -0.39 is 0 Å². The Morgan fingerprint density at radius 2 is 2.25 bits per heavy atom. The average Bonchev–Trinajstić information content (AvgIpc) is 2.85. The Morgan fingerprint density at radius 3 is 2.80 bits per heavy atom. The maximum absolute atomic E-state index is 5.72. The third kappa shape index (κ3) is 3.39. The van der Waals surface area contributed by atoms with E-state index in [1.54, 1.807) is 18.4 Å². The lowest BCUT2D eigenvalue weighted by Gasteiger charge is -2.46. The van der Waals surface area contributed by atoms with Crippen LogP contribution in [0.4, 0.5) is 0 Å². The van der Waals surface area contributed by atoms with Gasteiger partial charge in [-0.25, -0.2) is 4.98 Å². The van der Waals surface area contributed by atoms with Gasteiger partial charge in [-0.1, -0.05) is 13.8 Å². The first-order valence-corrected chi connectivity index (χ1v) is 8.30. The van der Waals surface area contributed by atoms with Crippen molar-refractivity contribution in [1.82, 2.24) is 10.3 Å². The van der Waals surface area contributed by atoms with Crippen molar-refractivity contribution in [1.29, 1.82) is 0 Å². The van der Waals surface area contributed by atoms with Crippen LogP contribution >= 0.6 is 11.3 Å². The molecule has 1 aliphatic carbocycles. The first-order chi connectivity index (χ1) is 9.61. The summed E-state index contributed by atoms with van der Waals surface area (Å²) in [5.41, 5.74) is 1.19. The molecule has 1 N–H and O–H groups in total. The summed E-state index contributed by atoms with van der Waals surface area (Å²) in [5.74, 6) is 0.485. The number of ether oxygens (including phenoxy) is 2. The molecular formula is C15H26N2O2S. The fourth-order valence-corrected chi connectivity index (χ4v) is 3.81. The second-order valence-corrected chi connectivity index (χ2v) is 6.58. The van der Waals surface area contributed by atoms with Gasteiger partial charge in [0.2, 0.25) is 0 Å². The van der Waals surface area contributed by atoms with Gasteiger partial charge < -0.3 is 14.8 Å². The zero-order chi connectivity index (χ0) is 14.6. The molecule has 0 atom stereocenters. The second-order valence-electron chi connectivity index (χ2n) is 5.72. The molecule has 4 nitrogen and oxygen atoms in total. The summed E-state index contributed by atoms with van der Waals surface area (Å²) in [4.78, 5) is 4.84. The number of hydrogen-bond acceptors (Lipinski definition) is 5. The van der Waals surface area contributed by atoms with E-state index in [4.69, 9.17) is 14.5 Å². The lowest BCUT2D eigenvalue weighted by atomic mass is 9.74. The number of nitrogens with zero attached hydrogens (tertiary/aromatic N) is 1. The SMILES string of the molecule is CCOC1CC(NCCOC)(c2nc(C(C)C)cs2)C1. The number of thiazole rings is 1. The number of aromatic nitrogens is 1. The number of nitrogens with one attached hydrogen (secondary N) is 1. The molecule has 0 amide bonds. The Bertz CT molecular complexity index is 408. The lowest BCUT2D eigenvalue weighted by Crippen LogP contribution is -2.56. The van der Waals surface area contributed by atoms with Gasteiger partial charge in [-0.05, 0) is 25.7 Å². The Labute approximate surface area is 125 Å². The third-order valence-electron chi connectivity index (χ3n) is 3.85. The fourth-order valence-electron chi connectivity index (χ4n) is 2.63. The standard InChI is InChI=1S/C15H26N2O2S/c1-5-19-12-8-15(9-12,16-6-7-18-4)14-17-13(10-20-14)11(2)3/h10-12,16H,5-9H2,1-4H3. The predicted octanol–water partition coefficient (Wildman–Crippen LogP) is 2.90. The summed E-state index contributed by atoms with van der Waals surface area (Å²) in [5, 5.41) is 7.02. The zero-order valence-electron chi connectivity index (χ0n) is 12.9. The zero-order valence-corrected chi connectivity index (χ0v) is 13.8. The number of hydrogen-bond donors (Lipinski definition) is 1. The Kier molecular flexibility index (Phi) is 5.55. The van der Waals surface area contributed by atoms with Crippen LogP contribution in [0.2, 0.25) is 0 Å². The quantitative estimate of drug-likeness (QED) is 0.750. The van der Waals surface area contributed by atoms with Crippen molar-refractivity contribution in [3.05, 3.63) is 16.1 Å². The molecule has 5 heteroatoms. The molecule has 0 radical (unpaired) electrons. The average molecular weight is 298 g/mol. The van der Waals surface area contributed by atoms with Crippen LogP contribution in [0, 0.1) is 0 Å². The van der Waals surface area contributed by atoms with E-state index in [0.29, 0.717) is 12.0 Å². The van der Waals surface area contributed by atoms with Crippen molar-refractivity contribution in [2.24, 2.45) is 0 Å².